The third-order valence-corrected chi connectivity index (χ3v) is 2.59. The second kappa shape index (κ2) is 4.07. The maximum atomic E-state index is 4.16. The third-order valence-electron chi connectivity index (χ3n) is 2.59. The number of nitrogens with one attached hydrogen (secondary N) is 1. The normalized spacial score (nSPS) is 24.0. The van der Waals surface area contributed by atoms with Crippen LogP contribution in [0.3, 0.4) is 0 Å². The first-order chi connectivity index (χ1) is 5.22. The molecule has 2 nitrogen and oxygen atoms in total. The number of piperidine rings is 1. The molecule has 0 aromatic heterocycles. The Balaban J connectivity index is 2.32. The lowest BCUT2D eigenvalue weighted by molar-refractivity contribution is 0.212. The van der Waals surface area contributed by atoms with Crippen molar-refractivity contribution < 1.29 is 0 Å². The molecule has 0 amide bonds. The summed E-state index contributed by atoms with van der Waals surface area (Å²) < 4.78 is 0. The highest BCUT2D eigenvalue weighted by molar-refractivity contribution is 4.81. The fourth-order valence-corrected chi connectivity index (χ4v) is 1.65. The molecule has 0 aliphatic carbocycles. The van der Waals surface area contributed by atoms with Gasteiger partial charge in [-0.1, -0.05) is 0 Å². The fraction of sp³-hybridized carbons (Fsp3) is 0.889. The van der Waals surface area contributed by atoms with Crippen LogP contribution in [0.5, 0.6) is 0 Å². The minimum atomic E-state index is 0.497. The molecule has 0 saturated carbocycles. The van der Waals surface area contributed by atoms with E-state index in [1.807, 2.05) is 0 Å². The Morgan fingerprint density at radius 2 is 1.91 bits per heavy atom. The fourth-order valence-electron chi connectivity index (χ4n) is 1.65. The highest BCUT2D eigenvalue weighted by atomic mass is 15.1. The summed E-state index contributed by atoms with van der Waals surface area (Å²) in [7, 11) is 4.22. The van der Waals surface area contributed by atoms with Gasteiger partial charge >= 0.3 is 0 Å². The molecule has 1 unspecified atom stereocenters. The van der Waals surface area contributed by atoms with Gasteiger partial charge in [0.2, 0.25) is 0 Å². The Kier molecular flexibility index (Phi) is 3.34. The molecule has 1 heterocycles. The molecule has 1 saturated heterocycles. The summed E-state index contributed by atoms with van der Waals surface area (Å²) in [5, 5.41) is 3.36. The second-order valence-electron chi connectivity index (χ2n) is 3.62. The third kappa shape index (κ3) is 2.46. The monoisotopic (exact) mass is 155 g/mol. The van der Waals surface area contributed by atoms with Gasteiger partial charge < -0.3 is 10.2 Å². The van der Waals surface area contributed by atoms with Gasteiger partial charge in [0, 0.05) is 6.04 Å². The van der Waals surface area contributed by atoms with E-state index < -0.39 is 0 Å². The van der Waals surface area contributed by atoms with Gasteiger partial charge in [-0.25, -0.2) is 0 Å². The van der Waals surface area contributed by atoms with E-state index in [0.717, 1.165) is 5.92 Å². The van der Waals surface area contributed by atoms with Gasteiger partial charge in [-0.3, -0.25) is 0 Å². The van der Waals surface area contributed by atoms with Gasteiger partial charge in [0.05, 0.1) is 0 Å². The van der Waals surface area contributed by atoms with Crippen molar-refractivity contribution in [3.05, 3.63) is 6.92 Å². The summed E-state index contributed by atoms with van der Waals surface area (Å²) in [4.78, 5) is 2.22. The van der Waals surface area contributed by atoms with Gasteiger partial charge in [-0.2, -0.15) is 0 Å². The standard InChI is InChI=1S/C9H19N2/c1-8(11(2)3)9-4-6-10-7-5-9/h8-10H,1,4-7H2,2-3H3. The van der Waals surface area contributed by atoms with E-state index in [1.165, 1.54) is 25.9 Å². The number of nitrogens with zero attached hydrogens (tertiary/aromatic N) is 1. The zero-order valence-corrected chi connectivity index (χ0v) is 7.64. The second-order valence-corrected chi connectivity index (χ2v) is 3.62. The molecule has 65 valence electrons. The average molecular weight is 155 g/mol. The van der Waals surface area contributed by atoms with Crippen molar-refractivity contribution >= 4 is 0 Å². The molecule has 1 rings (SSSR count). The maximum Gasteiger partial charge on any atom is 0.0119 e. The highest BCUT2D eigenvalue weighted by Crippen LogP contribution is 2.18. The van der Waals surface area contributed by atoms with E-state index in [2.05, 4.69) is 31.2 Å². The van der Waals surface area contributed by atoms with Crippen molar-refractivity contribution in [2.45, 2.75) is 18.9 Å². The Bertz CT molecular complexity index is 106. The molecule has 1 atom stereocenters. The zero-order valence-electron chi connectivity index (χ0n) is 7.64. The summed E-state index contributed by atoms with van der Waals surface area (Å²) in [5.74, 6) is 0.797. The number of rotatable bonds is 2. The maximum absolute atomic E-state index is 4.16. The summed E-state index contributed by atoms with van der Waals surface area (Å²) in [6.07, 6.45) is 2.57. The van der Waals surface area contributed by atoms with Gasteiger partial charge in [0.25, 0.3) is 0 Å². The molecule has 1 radical (unpaired) electrons. The molecule has 1 N–H and O–H groups in total. The highest BCUT2D eigenvalue weighted by Gasteiger charge is 2.20. The van der Waals surface area contributed by atoms with E-state index in [-0.39, 0.29) is 0 Å². The van der Waals surface area contributed by atoms with Crippen LogP contribution in [0.2, 0.25) is 0 Å². The predicted molar refractivity (Wildman–Crippen MR) is 48.4 cm³/mol. The first-order valence-electron chi connectivity index (χ1n) is 4.42. The van der Waals surface area contributed by atoms with Crippen molar-refractivity contribution in [3.8, 4) is 0 Å². The van der Waals surface area contributed by atoms with Crippen LogP contribution >= 0.6 is 0 Å². The molecule has 0 aromatic carbocycles. The van der Waals surface area contributed by atoms with Crippen LogP contribution in [0.1, 0.15) is 12.8 Å². The molecular formula is C9H19N2. The van der Waals surface area contributed by atoms with Crippen LogP contribution < -0.4 is 5.32 Å². The quantitative estimate of drug-likeness (QED) is 0.633. The average Bonchev–Trinajstić information content (AvgIpc) is 2.05. The summed E-state index contributed by atoms with van der Waals surface area (Å²) in [6.45, 7) is 6.50. The van der Waals surface area contributed by atoms with Crippen LogP contribution in [0.15, 0.2) is 0 Å². The molecule has 1 aliphatic heterocycles. The van der Waals surface area contributed by atoms with Gasteiger partial charge in [0.1, 0.15) is 0 Å². The lowest BCUT2D eigenvalue weighted by atomic mass is 9.91. The molecule has 11 heavy (non-hydrogen) atoms. The number of hydrogen-bond donors (Lipinski definition) is 1. The molecule has 1 aliphatic rings. The van der Waals surface area contributed by atoms with E-state index in [0.29, 0.717) is 6.04 Å². The molecule has 0 spiro atoms. The van der Waals surface area contributed by atoms with Crippen molar-refractivity contribution in [1.29, 1.82) is 0 Å². The van der Waals surface area contributed by atoms with Crippen LogP contribution in [-0.4, -0.2) is 38.1 Å². The summed E-state index contributed by atoms with van der Waals surface area (Å²) in [5.41, 5.74) is 0. The van der Waals surface area contributed by atoms with Crippen LogP contribution in [0.25, 0.3) is 0 Å². The van der Waals surface area contributed by atoms with Gasteiger partial charge in [0.15, 0.2) is 0 Å². The van der Waals surface area contributed by atoms with Crippen molar-refractivity contribution in [3.63, 3.8) is 0 Å². The van der Waals surface area contributed by atoms with Gasteiger partial charge in [-0.15, -0.1) is 0 Å². The predicted octanol–water partition coefficient (Wildman–Crippen LogP) is 0.750. The van der Waals surface area contributed by atoms with E-state index in [9.17, 15) is 0 Å². The van der Waals surface area contributed by atoms with Gasteiger partial charge in [-0.05, 0) is 52.9 Å². The Labute approximate surface area is 70.0 Å². The molecular weight excluding hydrogens is 136 g/mol. The van der Waals surface area contributed by atoms with Crippen LogP contribution in [-0.2, 0) is 0 Å². The Morgan fingerprint density at radius 1 is 1.36 bits per heavy atom. The summed E-state index contributed by atoms with van der Waals surface area (Å²) in [6, 6.07) is 0.497. The minimum absolute atomic E-state index is 0.497. The minimum Gasteiger partial charge on any atom is -0.317 e. The Hall–Kier alpha value is -0.0800. The van der Waals surface area contributed by atoms with E-state index in [1.54, 1.807) is 0 Å². The lowest BCUT2D eigenvalue weighted by Gasteiger charge is -2.32. The molecule has 1 fully saturated rings. The lowest BCUT2D eigenvalue weighted by Crippen LogP contribution is -2.39. The summed E-state index contributed by atoms with van der Waals surface area (Å²) >= 11 is 0. The van der Waals surface area contributed by atoms with E-state index >= 15 is 0 Å². The SMILES string of the molecule is [CH2]C(C1CCNCC1)N(C)C. The smallest absolute Gasteiger partial charge is 0.0119 e. The van der Waals surface area contributed by atoms with Crippen LogP contribution in [0, 0.1) is 12.8 Å². The Morgan fingerprint density at radius 3 is 2.36 bits per heavy atom. The largest absolute Gasteiger partial charge is 0.317 e. The van der Waals surface area contributed by atoms with Crippen LogP contribution in [0.4, 0.5) is 0 Å². The topological polar surface area (TPSA) is 15.3 Å². The van der Waals surface area contributed by atoms with E-state index in [4.69, 9.17) is 0 Å². The number of hydrogen-bond acceptors (Lipinski definition) is 2. The first kappa shape index (κ1) is 9.01. The molecule has 2 heteroatoms. The van der Waals surface area contributed by atoms with Crippen molar-refractivity contribution in [2.75, 3.05) is 27.2 Å². The van der Waals surface area contributed by atoms with Crippen molar-refractivity contribution in [2.24, 2.45) is 5.92 Å². The first-order valence-corrected chi connectivity index (χ1v) is 4.42. The van der Waals surface area contributed by atoms with Crippen molar-refractivity contribution in [1.82, 2.24) is 10.2 Å². The molecule has 0 aromatic rings. The molecule has 0 bridgehead atoms. The zero-order chi connectivity index (χ0) is 8.27.